The molecule has 4 nitrogen and oxygen atoms in total. The van der Waals surface area contributed by atoms with Gasteiger partial charge >= 0.3 is 0 Å². The lowest BCUT2D eigenvalue weighted by atomic mass is 10.0. The molecule has 1 unspecified atom stereocenters. The minimum atomic E-state index is -0.376. The molecular formula is C16H16FN3O. The third kappa shape index (κ3) is 2.48. The van der Waals surface area contributed by atoms with Gasteiger partial charge in [-0.25, -0.2) is 4.39 Å². The summed E-state index contributed by atoms with van der Waals surface area (Å²) < 4.78 is 14.1. The molecule has 1 aliphatic heterocycles. The molecule has 0 fully saturated rings. The number of rotatable bonds is 3. The molecule has 0 spiro atoms. The molecule has 0 saturated carbocycles. The molecule has 21 heavy (non-hydrogen) atoms. The Morgan fingerprint density at radius 2 is 1.90 bits per heavy atom. The molecule has 0 saturated heterocycles. The number of nitrogens with two attached hydrogens (primary N) is 1. The zero-order chi connectivity index (χ0) is 14.8. The lowest BCUT2D eigenvalue weighted by Crippen LogP contribution is -2.43. The van der Waals surface area contributed by atoms with Crippen LogP contribution in [0.5, 0.6) is 0 Å². The van der Waals surface area contributed by atoms with Crippen LogP contribution >= 0.6 is 0 Å². The first kappa shape index (κ1) is 13.6. The highest BCUT2D eigenvalue weighted by Crippen LogP contribution is 2.35. The van der Waals surface area contributed by atoms with Crippen molar-refractivity contribution >= 4 is 17.3 Å². The second kappa shape index (κ2) is 5.54. The number of benzene rings is 2. The quantitative estimate of drug-likeness (QED) is 0.909. The van der Waals surface area contributed by atoms with Crippen LogP contribution in [0.3, 0.4) is 0 Å². The number of anilines is 2. The minimum Gasteiger partial charge on any atom is -0.352 e. The lowest BCUT2D eigenvalue weighted by Gasteiger charge is -2.37. The molecular weight excluding hydrogens is 269 g/mol. The van der Waals surface area contributed by atoms with Crippen molar-refractivity contribution in [2.45, 2.75) is 6.04 Å². The molecule has 5 heteroatoms. The normalized spacial score (nSPS) is 15.3. The van der Waals surface area contributed by atoms with Crippen molar-refractivity contribution in [2.24, 2.45) is 5.73 Å². The smallest absolute Gasteiger partial charge is 0.243 e. The topological polar surface area (TPSA) is 58.4 Å². The number of para-hydroxylation sites is 2. The van der Waals surface area contributed by atoms with E-state index in [2.05, 4.69) is 5.32 Å². The number of halogens is 1. The summed E-state index contributed by atoms with van der Waals surface area (Å²) in [4.78, 5) is 13.7. The molecule has 108 valence electrons. The summed E-state index contributed by atoms with van der Waals surface area (Å²) in [6, 6.07) is 13.6. The van der Waals surface area contributed by atoms with Gasteiger partial charge in [-0.3, -0.25) is 4.79 Å². The van der Waals surface area contributed by atoms with E-state index in [1.807, 2.05) is 29.2 Å². The van der Waals surface area contributed by atoms with E-state index in [0.29, 0.717) is 5.56 Å². The minimum absolute atomic E-state index is 0.122. The molecule has 1 amide bonds. The Hall–Kier alpha value is -2.40. The van der Waals surface area contributed by atoms with Crippen molar-refractivity contribution < 1.29 is 9.18 Å². The van der Waals surface area contributed by atoms with E-state index in [-0.39, 0.29) is 30.9 Å². The van der Waals surface area contributed by atoms with Gasteiger partial charge in [0.1, 0.15) is 5.82 Å². The van der Waals surface area contributed by atoms with E-state index in [9.17, 15) is 9.18 Å². The van der Waals surface area contributed by atoms with Gasteiger partial charge in [-0.1, -0.05) is 30.3 Å². The van der Waals surface area contributed by atoms with E-state index >= 15 is 0 Å². The monoisotopic (exact) mass is 285 g/mol. The number of amides is 1. The average molecular weight is 285 g/mol. The second-order valence-electron chi connectivity index (χ2n) is 4.97. The zero-order valence-corrected chi connectivity index (χ0v) is 11.4. The van der Waals surface area contributed by atoms with Gasteiger partial charge in [-0.15, -0.1) is 0 Å². The average Bonchev–Trinajstić information content (AvgIpc) is 2.49. The van der Waals surface area contributed by atoms with Gasteiger partial charge in [0.15, 0.2) is 0 Å². The Bertz CT molecular complexity index is 674. The van der Waals surface area contributed by atoms with Crippen LogP contribution in [0.15, 0.2) is 48.5 Å². The van der Waals surface area contributed by atoms with Crippen LogP contribution in [0.4, 0.5) is 15.8 Å². The molecule has 0 aromatic heterocycles. The van der Waals surface area contributed by atoms with Gasteiger partial charge in [0, 0.05) is 12.1 Å². The van der Waals surface area contributed by atoms with Gasteiger partial charge in [0.2, 0.25) is 5.91 Å². The maximum Gasteiger partial charge on any atom is 0.243 e. The van der Waals surface area contributed by atoms with Gasteiger partial charge in [0.25, 0.3) is 0 Å². The molecule has 0 radical (unpaired) electrons. The number of carbonyl (C=O) groups excluding carboxylic acids is 1. The molecule has 3 rings (SSSR count). The van der Waals surface area contributed by atoms with Crippen molar-refractivity contribution in [3.63, 3.8) is 0 Å². The Balaban J connectivity index is 2.06. The highest BCUT2D eigenvalue weighted by molar-refractivity contribution is 6.01. The van der Waals surface area contributed by atoms with E-state index in [1.165, 1.54) is 6.07 Å². The number of hydrogen-bond acceptors (Lipinski definition) is 3. The predicted octanol–water partition coefficient (Wildman–Crippen LogP) is 2.28. The number of nitrogens with zero attached hydrogens (tertiary/aromatic N) is 1. The van der Waals surface area contributed by atoms with Crippen molar-refractivity contribution in [2.75, 3.05) is 23.3 Å². The summed E-state index contributed by atoms with van der Waals surface area (Å²) in [5.74, 6) is -0.431. The van der Waals surface area contributed by atoms with Gasteiger partial charge in [-0.2, -0.15) is 0 Å². The number of nitrogens with one attached hydrogen (secondary N) is 1. The summed E-state index contributed by atoms with van der Waals surface area (Å²) in [5, 5.41) is 2.82. The van der Waals surface area contributed by atoms with Gasteiger partial charge in [-0.05, 0) is 18.2 Å². The first-order valence-electron chi connectivity index (χ1n) is 6.80. The fourth-order valence-corrected chi connectivity index (χ4v) is 2.70. The van der Waals surface area contributed by atoms with E-state index < -0.39 is 0 Å². The van der Waals surface area contributed by atoms with Crippen molar-refractivity contribution in [1.29, 1.82) is 0 Å². The Labute approximate surface area is 122 Å². The van der Waals surface area contributed by atoms with E-state index in [4.69, 9.17) is 5.73 Å². The number of hydrogen-bond donors (Lipinski definition) is 2. The van der Waals surface area contributed by atoms with Crippen molar-refractivity contribution in [3.8, 4) is 0 Å². The summed E-state index contributed by atoms with van der Waals surface area (Å²) in [6.45, 7) is 0.385. The molecule has 0 bridgehead atoms. The molecule has 0 aliphatic carbocycles. The number of carbonyl (C=O) groups is 1. The number of fused-ring (bicyclic) bond motifs is 1. The summed E-state index contributed by atoms with van der Waals surface area (Å²) >= 11 is 0. The fraction of sp³-hybridized carbons (Fsp3) is 0.188. The molecule has 2 aromatic carbocycles. The van der Waals surface area contributed by atoms with Crippen LogP contribution in [-0.4, -0.2) is 19.0 Å². The first-order chi connectivity index (χ1) is 10.2. The zero-order valence-electron chi connectivity index (χ0n) is 11.4. The predicted molar refractivity (Wildman–Crippen MR) is 80.6 cm³/mol. The third-order valence-electron chi connectivity index (χ3n) is 3.67. The third-order valence-corrected chi connectivity index (χ3v) is 3.67. The van der Waals surface area contributed by atoms with Crippen LogP contribution in [0.1, 0.15) is 11.6 Å². The van der Waals surface area contributed by atoms with Gasteiger partial charge in [0.05, 0.1) is 24.0 Å². The Morgan fingerprint density at radius 1 is 1.19 bits per heavy atom. The Kier molecular flexibility index (Phi) is 3.58. The summed E-state index contributed by atoms with van der Waals surface area (Å²) in [6.07, 6.45) is 0. The first-order valence-corrected chi connectivity index (χ1v) is 6.80. The van der Waals surface area contributed by atoms with Crippen molar-refractivity contribution in [3.05, 3.63) is 59.9 Å². The highest BCUT2D eigenvalue weighted by Gasteiger charge is 2.29. The van der Waals surface area contributed by atoms with Crippen LogP contribution in [0, 0.1) is 5.82 Å². The van der Waals surface area contributed by atoms with Crippen molar-refractivity contribution in [1.82, 2.24) is 0 Å². The van der Waals surface area contributed by atoms with Gasteiger partial charge < -0.3 is 16.0 Å². The molecule has 1 aliphatic rings. The van der Waals surface area contributed by atoms with Crippen LogP contribution in [-0.2, 0) is 4.79 Å². The molecule has 2 aromatic rings. The summed E-state index contributed by atoms with van der Waals surface area (Å²) in [7, 11) is 0. The maximum absolute atomic E-state index is 14.1. The van der Waals surface area contributed by atoms with Crippen LogP contribution < -0.4 is 16.0 Å². The maximum atomic E-state index is 14.1. The highest BCUT2D eigenvalue weighted by atomic mass is 19.1. The molecule has 3 N–H and O–H groups in total. The standard InChI is InChI=1S/C16H16FN3O/c17-12-6-2-1-5-11(12)15(9-18)20-10-16(21)19-13-7-3-4-8-14(13)20/h1-8,15H,9-10,18H2,(H,19,21). The Morgan fingerprint density at radius 3 is 2.67 bits per heavy atom. The van der Waals surface area contributed by atoms with E-state index in [1.54, 1.807) is 18.2 Å². The van der Waals surface area contributed by atoms with Crippen LogP contribution in [0.2, 0.25) is 0 Å². The molecule has 1 atom stereocenters. The molecule has 1 heterocycles. The fourth-order valence-electron chi connectivity index (χ4n) is 2.70. The SMILES string of the molecule is NCC(c1ccccc1F)N1CC(=O)Nc2ccccc21. The van der Waals surface area contributed by atoms with Crippen LogP contribution in [0.25, 0.3) is 0 Å². The van der Waals surface area contributed by atoms with E-state index in [0.717, 1.165) is 11.4 Å². The summed E-state index contributed by atoms with van der Waals surface area (Å²) in [5.41, 5.74) is 7.95. The largest absolute Gasteiger partial charge is 0.352 e. The lowest BCUT2D eigenvalue weighted by molar-refractivity contribution is -0.115. The second-order valence-corrected chi connectivity index (χ2v) is 4.97.